The first-order chi connectivity index (χ1) is 17.1. The molecule has 0 bridgehead atoms. The number of hydrogen-bond acceptors (Lipinski definition) is 5. The molecule has 2 aliphatic heterocycles. The van der Waals surface area contributed by atoms with E-state index in [0.29, 0.717) is 22.6 Å². The largest absolute Gasteiger partial charge is 0.493 e. The number of carbonyl (C=O) groups excluding carboxylic acids is 2. The van der Waals surface area contributed by atoms with Crippen LogP contribution in [0.25, 0.3) is 0 Å². The second-order valence-electron chi connectivity index (χ2n) is 9.19. The van der Waals surface area contributed by atoms with Gasteiger partial charge in [-0.05, 0) is 66.7 Å². The molecule has 2 aliphatic rings. The molecular weight excluding hydrogens is 440 g/mol. The maximum atomic E-state index is 13.5. The number of imide groups is 1. The molecule has 0 unspecified atom stereocenters. The van der Waals surface area contributed by atoms with Crippen LogP contribution in [0.2, 0.25) is 0 Å². The predicted octanol–water partition coefficient (Wildman–Crippen LogP) is 4.88. The van der Waals surface area contributed by atoms with Gasteiger partial charge in [0.25, 0.3) is 11.8 Å². The summed E-state index contributed by atoms with van der Waals surface area (Å²) in [6.45, 7) is 3.08. The minimum absolute atomic E-state index is 0.196. The van der Waals surface area contributed by atoms with E-state index < -0.39 is 0 Å². The minimum atomic E-state index is -0.233. The third-order valence-corrected chi connectivity index (χ3v) is 7.10. The van der Waals surface area contributed by atoms with Crippen LogP contribution in [0.3, 0.4) is 0 Å². The monoisotopic (exact) mass is 470 g/mol. The molecule has 0 spiro atoms. The Labute approximate surface area is 206 Å². The van der Waals surface area contributed by atoms with Gasteiger partial charge in [-0.1, -0.05) is 48.5 Å². The number of hydrogen-bond donors (Lipinski definition) is 0. The van der Waals surface area contributed by atoms with Crippen molar-refractivity contribution in [2.45, 2.75) is 31.8 Å². The fraction of sp³-hybridized carbons (Fsp3) is 0.310. The fourth-order valence-electron chi connectivity index (χ4n) is 5.25. The molecule has 35 heavy (non-hydrogen) atoms. The molecule has 1 fully saturated rings. The summed E-state index contributed by atoms with van der Waals surface area (Å²) in [5.74, 6) is 1.02. The first kappa shape index (κ1) is 23.1. The van der Waals surface area contributed by atoms with E-state index in [1.165, 1.54) is 10.5 Å². The summed E-state index contributed by atoms with van der Waals surface area (Å²) >= 11 is 0. The van der Waals surface area contributed by atoms with Crippen molar-refractivity contribution in [3.8, 4) is 11.5 Å². The van der Waals surface area contributed by atoms with Crippen LogP contribution in [-0.4, -0.2) is 48.9 Å². The van der Waals surface area contributed by atoms with Crippen LogP contribution in [0.4, 0.5) is 0 Å². The first-order valence-electron chi connectivity index (χ1n) is 12.1. The van der Waals surface area contributed by atoms with Crippen molar-refractivity contribution in [3.05, 3.63) is 94.5 Å². The summed E-state index contributed by atoms with van der Waals surface area (Å²) in [6, 6.07) is 21.7. The van der Waals surface area contributed by atoms with E-state index in [0.717, 1.165) is 43.6 Å². The Hall–Kier alpha value is -3.64. The summed E-state index contributed by atoms with van der Waals surface area (Å²) in [7, 11) is 3.15. The molecule has 180 valence electrons. The van der Waals surface area contributed by atoms with Crippen molar-refractivity contribution in [2.75, 3.05) is 27.3 Å². The average molecular weight is 471 g/mol. The molecule has 0 radical (unpaired) electrons. The number of likely N-dealkylation sites (tertiary alicyclic amines) is 1. The standard InChI is InChI=1S/C29H30N2O4/c1-34-25-12-11-21(17-26(25)35-2)19-31-28(32)24-10-6-9-23(27(24)29(31)33)22-13-15-30(16-14-22)18-20-7-4-3-5-8-20/h3-12,17,22H,13-16,18-19H2,1-2H3. The Balaban J connectivity index is 1.32. The van der Waals surface area contributed by atoms with Crippen LogP contribution in [0.5, 0.6) is 11.5 Å². The number of methoxy groups -OCH3 is 2. The number of fused-ring (bicyclic) bond motifs is 1. The Morgan fingerprint density at radius 3 is 2.23 bits per heavy atom. The van der Waals surface area contributed by atoms with E-state index in [4.69, 9.17) is 9.47 Å². The van der Waals surface area contributed by atoms with Crippen molar-refractivity contribution in [3.63, 3.8) is 0 Å². The smallest absolute Gasteiger partial charge is 0.262 e. The third-order valence-electron chi connectivity index (χ3n) is 7.10. The molecule has 2 amide bonds. The van der Waals surface area contributed by atoms with Crippen LogP contribution < -0.4 is 9.47 Å². The average Bonchev–Trinajstić information content (AvgIpc) is 3.14. The zero-order valence-electron chi connectivity index (χ0n) is 20.2. The topological polar surface area (TPSA) is 59.1 Å². The van der Waals surface area contributed by atoms with Gasteiger partial charge in [-0.3, -0.25) is 19.4 Å². The molecular formula is C29H30N2O4. The van der Waals surface area contributed by atoms with Gasteiger partial charge in [0.05, 0.1) is 31.9 Å². The van der Waals surface area contributed by atoms with E-state index in [1.54, 1.807) is 26.4 Å². The lowest BCUT2D eigenvalue weighted by atomic mass is 9.85. The van der Waals surface area contributed by atoms with Crippen molar-refractivity contribution in [1.29, 1.82) is 0 Å². The van der Waals surface area contributed by atoms with E-state index in [9.17, 15) is 9.59 Å². The summed E-state index contributed by atoms with van der Waals surface area (Å²) in [5, 5.41) is 0. The highest BCUT2D eigenvalue weighted by molar-refractivity contribution is 6.22. The SMILES string of the molecule is COc1ccc(CN2C(=O)c3cccc(C4CCN(Cc5ccccc5)CC4)c3C2=O)cc1OC. The first-order valence-corrected chi connectivity index (χ1v) is 12.1. The summed E-state index contributed by atoms with van der Waals surface area (Å²) < 4.78 is 10.7. The summed E-state index contributed by atoms with van der Waals surface area (Å²) in [5.41, 5.74) is 4.24. The fourth-order valence-corrected chi connectivity index (χ4v) is 5.25. The van der Waals surface area contributed by atoms with Gasteiger partial charge in [-0.15, -0.1) is 0 Å². The van der Waals surface area contributed by atoms with Gasteiger partial charge in [0.15, 0.2) is 11.5 Å². The minimum Gasteiger partial charge on any atom is -0.493 e. The molecule has 6 nitrogen and oxygen atoms in total. The number of ether oxygens (including phenoxy) is 2. The molecule has 0 saturated carbocycles. The molecule has 3 aromatic rings. The molecule has 0 N–H and O–H groups in total. The van der Waals surface area contributed by atoms with Gasteiger partial charge in [0.2, 0.25) is 0 Å². The van der Waals surface area contributed by atoms with Crippen LogP contribution >= 0.6 is 0 Å². The van der Waals surface area contributed by atoms with Crippen molar-refractivity contribution in [1.82, 2.24) is 9.80 Å². The van der Waals surface area contributed by atoms with E-state index in [1.807, 2.05) is 30.3 Å². The van der Waals surface area contributed by atoms with Crippen molar-refractivity contribution >= 4 is 11.8 Å². The highest BCUT2D eigenvalue weighted by atomic mass is 16.5. The molecule has 3 aromatic carbocycles. The highest BCUT2D eigenvalue weighted by Crippen LogP contribution is 2.37. The Morgan fingerprint density at radius 2 is 1.51 bits per heavy atom. The number of amides is 2. The number of rotatable bonds is 7. The lowest BCUT2D eigenvalue weighted by Crippen LogP contribution is -2.33. The second-order valence-corrected chi connectivity index (χ2v) is 9.19. The molecule has 0 aliphatic carbocycles. The van der Waals surface area contributed by atoms with Gasteiger partial charge in [-0.25, -0.2) is 0 Å². The van der Waals surface area contributed by atoms with E-state index in [2.05, 4.69) is 29.2 Å². The zero-order chi connectivity index (χ0) is 24.4. The van der Waals surface area contributed by atoms with Crippen LogP contribution in [-0.2, 0) is 13.1 Å². The highest BCUT2D eigenvalue weighted by Gasteiger charge is 2.39. The molecule has 5 rings (SSSR count). The van der Waals surface area contributed by atoms with Crippen molar-refractivity contribution in [2.24, 2.45) is 0 Å². The van der Waals surface area contributed by atoms with Gasteiger partial charge in [0, 0.05) is 6.54 Å². The van der Waals surface area contributed by atoms with Crippen molar-refractivity contribution < 1.29 is 19.1 Å². The number of carbonyl (C=O) groups is 2. The second kappa shape index (κ2) is 9.92. The number of benzene rings is 3. The maximum absolute atomic E-state index is 13.5. The Morgan fingerprint density at radius 1 is 0.771 bits per heavy atom. The number of nitrogens with zero attached hydrogens (tertiary/aromatic N) is 2. The van der Waals surface area contributed by atoms with Gasteiger partial charge < -0.3 is 9.47 Å². The van der Waals surface area contributed by atoms with E-state index >= 15 is 0 Å². The van der Waals surface area contributed by atoms with Crippen LogP contribution in [0, 0.1) is 0 Å². The lowest BCUT2D eigenvalue weighted by molar-refractivity contribution is 0.0641. The molecule has 1 saturated heterocycles. The van der Waals surface area contributed by atoms with Gasteiger partial charge in [0.1, 0.15) is 0 Å². The number of piperidine rings is 1. The van der Waals surface area contributed by atoms with Crippen LogP contribution in [0.1, 0.15) is 56.2 Å². The summed E-state index contributed by atoms with van der Waals surface area (Å²) in [4.78, 5) is 30.5. The predicted molar refractivity (Wildman–Crippen MR) is 134 cm³/mol. The lowest BCUT2D eigenvalue weighted by Gasteiger charge is -2.32. The molecule has 0 atom stereocenters. The molecule has 6 heteroatoms. The maximum Gasteiger partial charge on any atom is 0.262 e. The van der Waals surface area contributed by atoms with Gasteiger partial charge >= 0.3 is 0 Å². The Bertz CT molecular complexity index is 1230. The molecule has 2 heterocycles. The normalized spacial score (nSPS) is 16.5. The zero-order valence-corrected chi connectivity index (χ0v) is 20.2. The van der Waals surface area contributed by atoms with Crippen LogP contribution in [0.15, 0.2) is 66.7 Å². The van der Waals surface area contributed by atoms with Gasteiger partial charge in [-0.2, -0.15) is 0 Å². The Kier molecular flexibility index (Phi) is 6.55. The summed E-state index contributed by atoms with van der Waals surface area (Å²) in [6.07, 6.45) is 1.95. The third kappa shape index (κ3) is 4.54. The van der Waals surface area contributed by atoms with E-state index in [-0.39, 0.29) is 24.3 Å². The molecule has 0 aromatic heterocycles. The quantitative estimate of drug-likeness (QED) is 0.461.